The van der Waals surface area contributed by atoms with E-state index in [0.717, 1.165) is 0 Å². The Morgan fingerprint density at radius 3 is 2.00 bits per heavy atom. The van der Waals surface area contributed by atoms with Gasteiger partial charge in [-0.15, -0.1) is 0 Å². The second-order valence-electron chi connectivity index (χ2n) is 4.58. The van der Waals surface area contributed by atoms with Gasteiger partial charge in [-0.2, -0.15) is 13.2 Å². The van der Waals surface area contributed by atoms with Crippen LogP contribution in [0.2, 0.25) is 0 Å². The lowest BCUT2D eigenvalue weighted by molar-refractivity contribution is -0.240. The van der Waals surface area contributed by atoms with Crippen molar-refractivity contribution in [3.8, 4) is 0 Å². The molecule has 1 N–H and O–H groups in total. The Balaban J connectivity index is 2.51. The number of morpholine rings is 1. The van der Waals surface area contributed by atoms with E-state index in [-0.39, 0.29) is 17.7 Å². The number of fused-ring (bicyclic) bond motifs is 2. The van der Waals surface area contributed by atoms with Gasteiger partial charge in [0.1, 0.15) is 12.2 Å². The number of carbonyl (C=O) groups is 3. The summed E-state index contributed by atoms with van der Waals surface area (Å²) in [6.07, 6.45) is -7.41. The Morgan fingerprint density at radius 1 is 1.26 bits per heavy atom. The molecule has 0 saturated carbocycles. The van der Waals surface area contributed by atoms with Crippen LogP contribution in [0.15, 0.2) is 0 Å². The van der Waals surface area contributed by atoms with E-state index in [4.69, 9.17) is 9.84 Å². The molecule has 2 fully saturated rings. The van der Waals surface area contributed by atoms with Crippen molar-refractivity contribution in [1.82, 2.24) is 4.90 Å². The molecule has 0 aromatic carbocycles. The van der Waals surface area contributed by atoms with E-state index < -0.39 is 41.7 Å². The monoisotopic (exact) mass is 281 g/mol. The van der Waals surface area contributed by atoms with Gasteiger partial charge in [0.05, 0.1) is 0 Å². The minimum Gasteiger partial charge on any atom is -0.479 e. The highest BCUT2D eigenvalue weighted by Crippen LogP contribution is 2.40. The molecule has 19 heavy (non-hydrogen) atoms. The predicted molar refractivity (Wildman–Crippen MR) is 51.8 cm³/mol. The minimum absolute atomic E-state index is 0.110. The van der Waals surface area contributed by atoms with Crippen LogP contribution >= 0.6 is 0 Å². The number of aliphatic carboxylic acids is 1. The van der Waals surface area contributed by atoms with Crippen LogP contribution in [0.25, 0.3) is 0 Å². The maximum absolute atomic E-state index is 13.0. The molecule has 2 amide bonds. The summed E-state index contributed by atoms with van der Waals surface area (Å²) in [5.74, 6) is -4.80. The normalized spacial score (nSPS) is 30.4. The molecule has 0 aromatic rings. The van der Waals surface area contributed by atoms with Crippen LogP contribution in [-0.2, 0) is 19.1 Å². The Hall–Kier alpha value is -1.64. The number of likely N-dealkylation sites (tertiary alicyclic amines) is 1. The van der Waals surface area contributed by atoms with Crippen LogP contribution in [0.5, 0.6) is 0 Å². The second kappa shape index (κ2) is 3.92. The Labute approximate surface area is 105 Å². The van der Waals surface area contributed by atoms with Crippen LogP contribution < -0.4 is 0 Å². The van der Waals surface area contributed by atoms with E-state index in [2.05, 4.69) is 0 Å². The van der Waals surface area contributed by atoms with Gasteiger partial charge >= 0.3 is 12.1 Å². The van der Waals surface area contributed by atoms with Crippen molar-refractivity contribution in [2.75, 3.05) is 0 Å². The molecule has 2 rings (SSSR count). The lowest BCUT2D eigenvalue weighted by Crippen LogP contribution is -2.69. The summed E-state index contributed by atoms with van der Waals surface area (Å²) < 4.78 is 43.9. The molecule has 2 heterocycles. The van der Waals surface area contributed by atoms with Crippen molar-refractivity contribution < 1.29 is 37.4 Å². The molecule has 3 atom stereocenters. The molecule has 3 unspecified atom stereocenters. The third-order valence-corrected chi connectivity index (χ3v) is 3.43. The quantitative estimate of drug-likeness (QED) is 0.736. The van der Waals surface area contributed by atoms with Crippen LogP contribution in [0.3, 0.4) is 0 Å². The number of imide groups is 1. The molecule has 0 spiro atoms. The van der Waals surface area contributed by atoms with Crippen LogP contribution in [0, 0.1) is 0 Å². The zero-order valence-corrected chi connectivity index (χ0v) is 9.73. The predicted octanol–water partition coefficient (Wildman–Crippen LogP) is 0.308. The molecular weight excluding hydrogens is 271 g/mol. The lowest BCUT2D eigenvalue weighted by atomic mass is 9.97. The van der Waals surface area contributed by atoms with E-state index in [1.54, 1.807) is 0 Å². The molecule has 2 aliphatic heterocycles. The number of halogens is 3. The number of ether oxygens (including phenoxy) is 1. The minimum atomic E-state index is -5.28. The molecule has 2 aliphatic rings. The summed E-state index contributed by atoms with van der Waals surface area (Å²) in [6, 6.07) is 0. The average Bonchev–Trinajstić information content (AvgIpc) is 2.71. The number of amides is 2. The number of carboxylic acid groups (broad SMARTS) is 1. The smallest absolute Gasteiger partial charge is 0.422 e. The number of hydrogen-bond acceptors (Lipinski definition) is 4. The van der Waals surface area contributed by atoms with Crippen LogP contribution in [-0.4, -0.2) is 51.7 Å². The van der Waals surface area contributed by atoms with Crippen molar-refractivity contribution >= 4 is 17.8 Å². The van der Waals surface area contributed by atoms with E-state index in [1.807, 2.05) is 0 Å². The first-order chi connectivity index (χ1) is 8.60. The number of nitrogens with zero attached hydrogens (tertiary/aromatic N) is 1. The zero-order valence-electron chi connectivity index (χ0n) is 9.73. The Bertz CT molecular complexity index is 441. The first-order valence-electron chi connectivity index (χ1n) is 5.44. The molecule has 0 aromatic heterocycles. The van der Waals surface area contributed by atoms with Gasteiger partial charge in [0, 0.05) is 0 Å². The fourth-order valence-corrected chi connectivity index (χ4v) is 2.18. The summed E-state index contributed by atoms with van der Waals surface area (Å²) in [4.78, 5) is 34.4. The van der Waals surface area contributed by atoms with Crippen molar-refractivity contribution in [2.24, 2.45) is 0 Å². The van der Waals surface area contributed by atoms with Gasteiger partial charge in [0.2, 0.25) is 5.54 Å². The Kier molecular flexibility index (Phi) is 2.85. The SMILES string of the molecule is CC(C(=O)O)(N1C(=O)C2CCC(O2)C1=O)C(F)(F)F. The number of carboxylic acids is 1. The number of alkyl halides is 3. The summed E-state index contributed by atoms with van der Waals surface area (Å²) >= 11 is 0. The average molecular weight is 281 g/mol. The topological polar surface area (TPSA) is 83.9 Å². The second-order valence-corrected chi connectivity index (χ2v) is 4.58. The molecular formula is C10H10F3NO5. The maximum atomic E-state index is 13.0. The van der Waals surface area contributed by atoms with Gasteiger partial charge in [-0.25, -0.2) is 4.79 Å². The van der Waals surface area contributed by atoms with Gasteiger partial charge in [0.25, 0.3) is 11.8 Å². The highest BCUT2D eigenvalue weighted by molar-refractivity contribution is 6.06. The summed E-state index contributed by atoms with van der Waals surface area (Å²) in [5, 5.41) is 8.84. The summed E-state index contributed by atoms with van der Waals surface area (Å²) in [6.45, 7) is 0.301. The van der Waals surface area contributed by atoms with Crippen LogP contribution in [0.4, 0.5) is 13.2 Å². The largest absolute Gasteiger partial charge is 0.479 e. The summed E-state index contributed by atoms with van der Waals surface area (Å²) in [5.41, 5.74) is -3.58. The molecule has 106 valence electrons. The summed E-state index contributed by atoms with van der Waals surface area (Å²) in [7, 11) is 0. The highest BCUT2D eigenvalue weighted by atomic mass is 19.4. The van der Waals surface area contributed by atoms with Gasteiger partial charge < -0.3 is 9.84 Å². The fraction of sp³-hybridized carbons (Fsp3) is 0.700. The number of carbonyl (C=O) groups excluding carboxylic acids is 2. The number of hydrogen-bond donors (Lipinski definition) is 1. The van der Waals surface area contributed by atoms with Gasteiger partial charge in [-0.05, 0) is 19.8 Å². The van der Waals surface area contributed by atoms with Gasteiger partial charge in [-0.3, -0.25) is 14.5 Å². The van der Waals surface area contributed by atoms with Crippen LogP contribution in [0.1, 0.15) is 19.8 Å². The molecule has 9 heteroatoms. The third kappa shape index (κ3) is 1.71. The van der Waals surface area contributed by atoms with Gasteiger partial charge in [-0.1, -0.05) is 0 Å². The van der Waals surface area contributed by atoms with E-state index in [9.17, 15) is 27.6 Å². The lowest BCUT2D eigenvalue weighted by Gasteiger charge is -2.41. The standard InChI is InChI=1S/C10H10F3NO5/c1-9(8(17)18,10(11,12)13)14-6(15)4-2-3-5(19-4)7(14)16/h4-5H,2-3H2,1H3,(H,17,18). The first kappa shape index (κ1) is 13.8. The number of rotatable bonds is 2. The van der Waals surface area contributed by atoms with Gasteiger partial charge in [0.15, 0.2) is 0 Å². The Morgan fingerprint density at radius 2 is 1.68 bits per heavy atom. The highest BCUT2D eigenvalue weighted by Gasteiger charge is 2.67. The van der Waals surface area contributed by atoms with Crippen molar-refractivity contribution in [3.05, 3.63) is 0 Å². The van der Waals surface area contributed by atoms with E-state index >= 15 is 0 Å². The first-order valence-corrected chi connectivity index (χ1v) is 5.44. The van der Waals surface area contributed by atoms with E-state index in [0.29, 0.717) is 6.92 Å². The van der Waals surface area contributed by atoms with Crippen molar-refractivity contribution in [3.63, 3.8) is 0 Å². The zero-order chi connectivity index (χ0) is 14.6. The van der Waals surface area contributed by atoms with Crippen molar-refractivity contribution in [1.29, 1.82) is 0 Å². The third-order valence-electron chi connectivity index (χ3n) is 3.43. The van der Waals surface area contributed by atoms with Crippen molar-refractivity contribution in [2.45, 2.75) is 43.7 Å². The molecule has 2 bridgehead atoms. The molecule has 6 nitrogen and oxygen atoms in total. The maximum Gasteiger partial charge on any atom is 0.422 e. The fourth-order valence-electron chi connectivity index (χ4n) is 2.18. The van der Waals surface area contributed by atoms with E-state index in [1.165, 1.54) is 0 Å². The molecule has 0 radical (unpaired) electrons. The molecule has 0 aliphatic carbocycles. The molecule has 2 saturated heterocycles.